The lowest BCUT2D eigenvalue weighted by Gasteiger charge is -2.06. The van der Waals surface area contributed by atoms with E-state index in [2.05, 4.69) is 10.7 Å². The number of ether oxygens (including phenoxy) is 1. The molecule has 0 aromatic heterocycles. The van der Waals surface area contributed by atoms with Gasteiger partial charge in [0.15, 0.2) is 6.61 Å². The summed E-state index contributed by atoms with van der Waals surface area (Å²) in [5, 5.41) is 8.39. The maximum absolute atomic E-state index is 10.9. The Bertz CT molecular complexity index is 226. The van der Waals surface area contributed by atoms with E-state index in [1.807, 2.05) is 0 Å². The van der Waals surface area contributed by atoms with Gasteiger partial charge in [-0.3, -0.25) is 9.59 Å². The summed E-state index contributed by atoms with van der Waals surface area (Å²) in [4.78, 5) is 21.1. The van der Waals surface area contributed by atoms with Gasteiger partial charge in [-0.2, -0.15) is 0 Å². The predicted octanol–water partition coefficient (Wildman–Crippen LogP) is 0.664. The molecule has 13 heavy (non-hydrogen) atoms. The number of hydrogen-bond acceptors (Lipinski definition) is 3. The Labute approximate surface area is 76.9 Å². The van der Waals surface area contributed by atoms with Crippen molar-refractivity contribution >= 4 is 11.9 Å². The van der Waals surface area contributed by atoms with Crippen LogP contribution in [-0.2, 0) is 14.3 Å². The molecule has 0 fully saturated rings. The number of carbonyl (C=O) groups is 2. The number of esters is 1. The van der Waals surface area contributed by atoms with Crippen molar-refractivity contribution in [3.05, 3.63) is 0 Å². The minimum atomic E-state index is -0.919. The number of terminal acetylenes is 1. The van der Waals surface area contributed by atoms with Gasteiger partial charge in [0.2, 0.25) is 0 Å². The lowest BCUT2D eigenvalue weighted by molar-refractivity contribution is -0.144. The molecular weight excluding hydrogens is 172 g/mol. The number of rotatable bonds is 5. The van der Waals surface area contributed by atoms with Gasteiger partial charge < -0.3 is 9.84 Å². The zero-order valence-corrected chi connectivity index (χ0v) is 7.45. The first-order chi connectivity index (χ1) is 6.06. The van der Waals surface area contributed by atoms with Gasteiger partial charge >= 0.3 is 11.9 Å². The number of hydrogen-bond donors (Lipinski definition) is 1. The fourth-order valence-corrected chi connectivity index (χ4v) is 0.836. The van der Waals surface area contributed by atoms with E-state index in [1.165, 1.54) is 0 Å². The highest BCUT2D eigenvalue weighted by Crippen LogP contribution is 2.07. The monoisotopic (exact) mass is 184 g/mol. The molecule has 0 aliphatic carbocycles. The van der Waals surface area contributed by atoms with E-state index < -0.39 is 11.9 Å². The van der Waals surface area contributed by atoms with Crippen LogP contribution in [0.3, 0.4) is 0 Å². The van der Waals surface area contributed by atoms with Crippen LogP contribution in [0.2, 0.25) is 0 Å². The van der Waals surface area contributed by atoms with Crippen molar-refractivity contribution in [2.75, 3.05) is 6.61 Å². The quantitative estimate of drug-likeness (QED) is 0.503. The molecule has 0 spiro atoms. The third-order valence-corrected chi connectivity index (χ3v) is 1.35. The SMILES string of the molecule is C#CCOC(=O)C[C@@H](C)CC(=O)O. The molecular formula is C9H12O4. The van der Waals surface area contributed by atoms with Crippen molar-refractivity contribution in [1.29, 1.82) is 0 Å². The Morgan fingerprint density at radius 3 is 2.62 bits per heavy atom. The van der Waals surface area contributed by atoms with E-state index in [4.69, 9.17) is 11.5 Å². The van der Waals surface area contributed by atoms with E-state index in [-0.39, 0.29) is 25.4 Å². The number of carboxylic acids is 1. The summed E-state index contributed by atoms with van der Waals surface area (Å²) in [6.07, 6.45) is 4.92. The lowest BCUT2D eigenvalue weighted by atomic mass is 10.0. The molecule has 0 aliphatic rings. The van der Waals surface area contributed by atoms with Gasteiger partial charge in [-0.25, -0.2) is 0 Å². The van der Waals surface area contributed by atoms with Crippen molar-refractivity contribution in [3.8, 4) is 12.3 Å². The minimum absolute atomic E-state index is 0.0366. The second kappa shape index (κ2) is 6.06. The van der Waals surface area contributed by atoms with Crippen LogP contribution in [0.1, 0.15) is 19.8 Å². The molecule has 4 nitrogen and oxygen atoms in total. The third-order valence-electron chi connectivity index (χ3n) is 1.35. The summed E-state index contributed by atoms with van der Waals surface area (Å²) in [7, 11) is 0. The predicted molar refractivity (Wildman–Crippen MR) is 45.8 cm³/mol. The Morgan fingerprint density at radius 2 is 2.15 bits per heavy atom. The van der Waals surface area contributed by atoms with Crippen LogP contribution in [-0.4, -0.2) is 23.7 Å². The second-order valence-corrected chi connectivity index (χ2v) is 2.77. The van der Waals surface area contributed by atoms with Crippen LogP contribution in [0.15, 0.2) is 0 Å². The van der Waals surface area contributed by atoms with Crippen molar-refractivity contribution in [2.45, 2.75) is 19.8 Å². The van der Waals surface area contributed by atoms with Crippen molar-refractivity contribution in [3.63, 3.8) is 0 Å². The molecule has 1 atom stereocenters. The fraction of sp³-hybridized carbons (Fsp3) is 0.556. The van der Waals surface area contributed by atoms with Crippen LogP contribution in [0.4, 0.5) is 0 Å². The molecule has 0 heterocycles. The number of carbonyl (C=O) groups excluding carboxylic acids is 1. The second-order valence-electron chi connectivity index (χ2n) is 2.77. The van der Waals surface area contributed by atoms with Gasteiger partial charge in [-0.15, -0.1) is 6.42 Å². The topological polar surface area (TPSA) is 63.6 Å². The number of aliphatic carboxylic acids is 1. The molecule has 0 bridgehead atoms. The van der Waals surface area contributed by atoms with Gasteiger partial charge in [-0.05, 0) is 5.92 Å². The standard InChI is InChI=1S/C9H12O4/c1-3-4-13-9(12)6-7(2)5-8(10)11/h1,7H,4-6H2,2H3,(H,10,11)/t7-/m0/s1. The highest BCUT2D eigenvalue weighted by molar-refractivity contribution is 5.72. The van der Waals surface area contributed by atoms with Crippen molar-refractivity contribution in [1.82, 2.24) is 0 Å². The van der Waals surface area contributed by atoms with Crippen LogP contribution in [0, 0.1) is 18.3 Å². The average molecular weight is 184 g/mol. The van der Waals surface area contributed by atoms with Crippen molar-refractivity contribution < 1.29 is 19.4 Å². The Hall–Kier alpha value is -1.50. The Kier molecular flexibility index (Phi) is 5.37. The molecule has 0 saturated carbocycles. The van der Waals surface area contributed by atoms with Crippen molar-refractivity contribution in [2.24, 2.45) is 5.92 Å². The molecule has 0 aromatic carbocycles. The molecule has 0 aromatic rings. The van der Waals surface area contributed by atoms with E-state index in [0.29, 0.717) is 0 Å². The molecule has 1 N–H and O–H groups in total. The zero-order chi connectivity index (χ0) is 10.3. The van der Waals surface area contributed by atoms with Gasteiger partial charge in [0.25, 0.3) is 0 Å². The molecule has 0 rings (SSSR count). The normalized spacial score (nSPS) is 11.4. The molecule has 72 valence electrons. The van der Waals surface area contributed by atoms with Crippen LogP contribution in [0.5, 0.6) is 0 Å². The number of carboxylic acid groups (broad SMARTS) is 1. The largest absolute Gasteiger partial charge is 0.481 e. The van der Waals surface area contributed by atoms with Gasteiger partial charge in [0, 0.05) is 12.8 Å². The summed E-state index contributed by atoms with van der Waals surface area (Å²) in [6, 6.07) is 0. The average Bonchev–Trinajstić information content (AvgIpc) is 1.98. The first-order valence-corrected chi connectivity index (χ1v) is 3.87. The summed E-state index contributed by atoms with van der Waals surface area (Å²) < 4.78 is 4.58. The van der Waals surface area contributed by atoms with Gasteiger partial charge in [0.1, 0.15) is 0 Å². The first-order valence-electron chi connectivity index (χ1n) is 3.87. The molecule has 0 amide bonds. The summed E-state index contributed by atoms with van der Waals surface area (Å²) >= 11 is 0. The van der Waals surface area contributed by atoms with Crippen LogP contribution >= 0.6 is 0 Å². The Balaban J connectivity index is 3.66. The molecule has 4 heteroatoms. The molecule has 0 unspecified atom stereocenters. The van der Waals surface area contributed by atoms with Gasteiger partial charge in [-0.1, -0.05) is 12.8 Å². The van der Waals surface area contributed by atoms with Gasteiger partial charge in [0.05, 0.1) is 0 Å². The fourth-order valence-electron chi connectivity index (χ4n) is 0.836. The lowest BCUT2D eigenvalue weighted by Crippen LogP contribution is -2.12. The summed E-state index contributed by atoms with van der Waals surface area (Å²) in [5.41, 5.74) is 0. The maximum atomic E-state index is 10.9. The van der Waals surface area contributed by atoms with E-state index in [0.717, 1.165) is 0 Å². The zero-order valence-electron chi connectivity index (χ0n) is 7.45. The van der Waals surface area contributed by atoms with E-state index in [1.54, 1.807) is 6.92 Å². The third kappa shape index (κ3) is 6.88. The molecule has 0 aliphatic heterocycles. The summed E-state index contributed by atoms with van der Waals surface area (Å²) in [5.74, 6) is 0.562. The molecule has 0 saturated heterocycles. The minimum Gasteiger partial charge on any atom is -0.481 e. The summed E-state index contributed by atoms with van der Waals surface area (Å²) in [6.45, 7) is 1.61. The maximum Gasteiger partial charge on any atom is 0.307 e. The van der Waals surface area contributed by atoms with Crippen LogP contribution < -0.4 is 0 Å². The highest BCUT2D eigenvalue weighted by atomic mass is 16.5. The smallest absolute Gasteiger partial charge is 0.307 e. The highest BCUT2D eigenvalue weighted by Gasteiger charge is 2.12. The Morgan fingerprint density at radius 1 is 1.54 bits per heavy atom. The first kappa shape index (κ1) is 11.5. The van der Waals surface area contributed by atoms with E-state index in [9.17, 15) is 9.59 Å². The van der Waals surface area contributed by atoms with E-state index >= 15 is 0 Å². The van der Waals surface area contributed by atoms with Crippen LogP contribution in [0.25, 0.3) is 0 Å². The molecule has 0 radical (unpaired) electrons.